The number of hydrogen-bond acceptors (Lipinski definition) is 4. The number of rotatable bonds is 7. The highest BCUT2D eigenvalue weighted by Crippen LogP contribution is 2.22. The second-order valence-electron chi connectivity index (χ2n) is 6.44. The normalized spacial score (nSPS) is 10.5. The van der Waals surface area contributed by atoms with Crippen molar-refractivity contribution in [1.29, 1.82) is 0 Å². The molecule has 0 saturated heterocycles. The van der Waals surface area contributed by atoms with Gasteiger partial charge in [-0.3, -0.25) is 9.78 Å². The van der Waals surface area contributed by atoms with E-state index in [1.165, 1.54) is 0 Å². The number of ether oxygens (including phenoxy) is 1. The van der Waals surface area contributed by atoms with E-state index in [1.807, 2.05) is 66.7 Å². The molecule has 0 unspecified atom stereocenters. The summed E-state index contributed by atoms with van der Waals surface area (Å²) in [6, 6.07) is 25.2. The van der Waals surface area contributed by atoms with Crippen LogP contribution in [0.15, 0.2) is 95.7 Å². The van der Waals surface area contributed by atoms with Crippen molar-refractivity contribution in [2.24, 2.45) is 0 Å². The Bertz CT molecular complexity index is 1060. The number of aromatic nitrogens is 1. The van der Waals surface area contributed by atoms with Gasteiger partial charge in [0.05, 0.1) is 6.26 Å². The molecular weight excluding hydrogens is 364 g/mol. The molecule has 5 heteroatoms. The van der Waals surface area contributed by atoms with Crippen LogP contribution in [-0.2, 0) is 11.3 Å². The minimum atomic E-state index is -0.202. The Hall–Kier alpha value is -3.86. The van der Waals surface area contributed by atoms with Gasteiger partial charge in [0.25, 0.3) is 5.91 Å². The van der Waals surface area contributed by atoms with Crippen molar-refractivity contribution in [2.45, 2.75) is 6.54 Å². The molecule has 0 aliphatic heterocycles. The molecule has 0 bridgehead atoms. The van der Waals surface area contributed by atoms with E-state index >= 15 is 0 Å². The van der Waals surface area contributed by atoms with Gasteiger partial charge in [0.1, 0.15) is 11.4 Å². The average Bonchev–Trinajstić information content (AvgIpc) is 3.32. The number of hydrogen-bond donors (Lipinski definition) is 1. The van der Waals surface area contributed by atoms with Gasteiger partial charge in [0, 0.05) is 18.3 Å². The SMILES string of the molecule is O=C(COc1ccc(-c2ccccc2)cc1)NCc1cccnc1-c1ccco1. The molecule has 1 N–H and O–H groups in total. The fourth-order valence-electron chi connectivity index (χ4n) is 2.98. The smallest absolute Gasteiger partial charge is 0.258 e. The topological polar surface area (TPSA) is 64.4 Å². The minimum Gasteiger partial charge on any atom is -0.484 e. The van der Waals surface area contributed by atoms with Crippen LogP contribution in [0.2, 0.25) is 0 Å². The Labute approximate surface area is 169 Å². The van der Waals surface area contributed by atoms with Gasteiger partial charge in [-0.1, -0.05) is 48.5 Å². The first-order chi connectivity index (χ1) is 14.3. The largest absolute Gasteiger partial charge is 0.484 e. The number of carbonyl (C=O) groups excluding carboxylic acids is 1. The number of benzene rings is 2. The molecule has 0 atom stereocenters. The van der Waals surface area contributed by atoms with Gasteiger partial charge in [-0.2, -0.15) is 0 Å². The Balaban J connectivity index is 1.31. The highest BCUT2D eigenvalue weighted by atomic mass is 16.5. The molecule has 1 amide bonds. The monoisotopic (exact) mass is 384 g/mol. The van der Waals surface area contributed by atoms with Crippen LogP contribution < -0.4 is 10.1 Å². The molecule has 0 fully saturated rings. The van der Waals surface area contributed by atoms with E-state index < -0.39 is 0 Å². The van der Waals surface area contributed by atoms with Crippen molar-refractivity contribution in [3.05, 3.63) is 96.9 Å². The zero-order valence-electron chi connectivity index (χ0n) is 15.7. The molecule has 4 rings (SSSR count). The molecule has 0 radical (unpaired) electrons. The third kappa shape index (κ3) is 4.71. The molecule has 0 aliphatic rings. The van der Waals surface area contributed by atoms with Gasteiger partial charge >= 0.3 is 0 Å². The summed E-state index contributed by atoms with van der Waals surface area (Å²) in [4.78, 5) is 16.5. The summed E-state index contributed by atoms with van der Waals surface area (Å²) in [6.07, 6.45) is 3.30. The maximum absolute atomic E-state index is 12.2. The molecule has 2 aromatic heterocycles. The molecule has 2 aromatic carbocycles. The van der Waals surface area contributed by atoms with E-state index in [2.05, 4.69) is 22.4 Å². The second kappa shape index (κ2) is 8.89. The van der Waals surface area contributed by atoms with Crippen molar-refractivity contribution in [3.63, 3.8) is 0 Å². The highest BCUT2D eigenvalue weighted by molar-refractivity contribution is 5.77. The number of furan rings is 1. The van der Waals surface area contributed by atoms with Crippen LogP contribution >= 0.6 is 0 Å². The van der Waals surface area contributed by atoms with Crippen LogP contribution in [0.3, 0.4) is 0 Å². The molecule has 29 heavy (non-hydrogen) atoms. The first-order valence-electron chi connectivity index (χ1n) is 9.32. The third-order valence-corrected chi connectivity index (χ3v) is 4.45. The predicted molar refractivity (Wildman–Crippen MR) is 111 cm³/mol. The Kier molecular flexibility index (Phi) is 5.67. The van der Waals surface area contributed by atoms with Crippen LogP contribution in [0.1, 0.15) is 5.56 Å². The molecule has 5 nitrogen and oxygen atoms in total. The highest BCUT2D eigenvalue weighted by Gasteiger charge is 2.10. The summed E-state index contributed by atoms with van der Waals surface area (Å²) in [7, 11) is 0. The summed E-state index contributed by atoms with van der Waals surface area (Å²) < 4.78 is 11.0. The van der Waals surface area contributed by atoms with Crippen molar-refractivity contribution >= 4 is 5.91 Å². The van der Waals surface area contributed by atoms with Crippen molar-refractivity contribution < 1.29 is 13.9 Å². The fraction of sp³-hybridized carbons (Fsp3) is 0.0833. The Morgan fingerprint density at radius 1 is 0.897 bits per heavy atom. The molecular formula is C24H20N2O3. The standard InChI is InChI=1S/C24H20N2O3/c27-23(26-16-20-8-4-14-25-24(20)22-9-5-15-28-22)17-29-21-12-10-19(11-13-21)18-6-2-1-3-7-18/h1-15H,16-17H2,(H,26,27). The maximum Gasteiger partial charge on any atom is 0.258 e. The molecule has 0 aliphatic carbocycles. The fourth-order valence-corrected chi connectivity index (χ4v) is 2.98. The quantitative estimate of drug-likeness (QED) is 0.501. The molecule has 2 heterocycles. The summed E-state index contributed by atoms with van der Waals surface area (Å²) in [5.41, 5.74) is 3.84. The molecule has 144 valence electrons. The lowest BCUT2D eigenvalue weighted by Gasteiger charge is -2.10. The number of carbonyl (C=O) groups is 1. The lowest BCUT2D eigenvalue weighted by molar-refractivity contribution is -0.123. The number of amides is 1. The first kappa shape index (κ1) is 18.5. The summed E-state index contributed by atoms with van der Waals surface area (Å²) in [5, 5.41) is 2.86. The second-order valence-corrected chi connectivity index (χ2v) is 6.44. The van der Waals surface area contributed by atoms with Crippen molar-refractivity contribution in [1.82, 2.24) is 10.3 Å². The predicted octanol–water partition coefficient (Wildman–Crippen LogP) is 4.70. The van der Waals surface area contributed by atoms with Crippen LogP contribution in [0, 0.1) is 0 Å². The molecule has 4 aromatic rings. The van der Waals surface area contributed by atoms with Crippen LogP contribution in [-0.4, -0.2) is 17.5 Å². The molecule has 0 saturated carbocycles. The maximum atomic E-state index is 12.2. The van der Waals surface area contributed by atoms with Gasteiger partial charge in [-0.15, -0.1) is 0 Å². The minimum absolute atomic E-state index is 0.0545. The van der Waals surface area contributed by atoms with Crippen molar-refractivity contribution in [2.75, 3.05) is 6.61 Å². The molecule has 0 spiro atoms. The zero-order chi connectivity index (χ0) is 19.9. The van der Waals surface area contributed by atoms with Crippen LogP contribution in [0.25, 0.3) is 22.6 Å². The van der Waals surface area contributed by atoms with Gasteiger partial charge in [0.2, 0.25) is 0 Å². The Morgan fingerprint density at radius 3 is 2.45 bits per heavy atom. The van der Waals surface area contributed by atoms with E-state index in [0.29, 0.717) is 18.1 Å². The lowest BCUT2D eigenvalue weighted by Crippen LogP contribution is -2.28. The van der Waals surface area contributed by atoms with E-state index in [1.54, 1.807) is 12.5 Å². The number of pyridine rings is 1. The van der Waals surface area contributed by atoms with Crippen LogP contribution in [0.5, 0.6) is 5.75 Å². The van der Waals surface area contributed by atoms with Gasteiger partial charge in [-0.25, -0.2) is 0 Å². The number of nitrogens with zero attached hydrogens (tertiary/aromatic N) is 1. The average molecular weight is 384 g/mol. The van der Waals surface area contributed by atoms with E-state index in [4.69, 9.17) is 9.15 Å². The van der Waals surface area contributed by atoms with Gasteiger partial charge in [-0.05, 0) is 41.5 Å². The Morgan fingerprint density at radius 2 is 1.69 bits per heavy atom. The van der Waals surface area contributed by atoms with Gasteiger partial charge in [0.15, 0.2) is 12.4 Å². The lowest BCUT2D eigenvalue weighted by atomic mass is 10.1. The summed E-state index contributed by atoms with van der Waals surface area (Å²) in [6.45, 7) is 0.292. The van der Waals surface area contributed by atoms with Crippen molar-refractivity contribution in [3.8, 4) is 28.3 Å². The first-order valence-corrected chi connectivity index (χ1v) is 9.32. The van der Waals surface area contributed by atoms with E-state index in [-0.39, 0.29) is 12.5 Å². The van der Waals surface area contributed by atoms with E-state index in [0.717, 1.165) is 22.4 Å². The van der Waals surface area contributed by atoms with E-state index in [9.17, 15) is 4.79 Å². The number of nitrogens with one attached hydrogen (secondary N) is 1. The summed E-state index contributed by atoms with van der Waals surface area (Å²) in [5.74, 6) is 1.12. The summed E-state index contributed by atoms with van der Waals surface area (Å²) >= 11 is 0. The van der Waals surface area contributed by atoms with Gasteiger partial charge < -0.3 is 14.5 Å². The van der Waals surface area contributed by atoms with Crippen LogP contribution in [0.4, 0.5) is 0 Å². The third-order valence-electron chi connectivity index (χ3n) is 4.45. The zero-order valence-corrected chi connectivity index (χ0v) is 15.7.